The van der Waals surface area contributed by atoms with Crippen molar-refractivity contribution in [3.05, 3.63) is 64.5 Å². The lowest BCUT2D eigenvalue weighted by Gasteiger charge is -2.08. The number of amides is 1. The molecule has 2 N–H and O–H groups in total. The van der Waals surface area contributed by atoms with Crippen LogP contribution in [0.4, 0.5) is 5.69 Å². The van der Waals surface area contributed by atoms with Crippen LogP contribution in [0.25, 0.3) is 11.0 Å². The number of carbonyl (C=O) groups is 1. The number of benzene rings is 2. The predicted molar refractivity (Wildman–Crippen MR) is 89.5 cm³/mol. The second kappa shape index (κ2) is 6.45. The fourth-order valence-electron chi connectivity index (χ4n) is 2.42. The average molecular weight is 325 g/mol. The van der Waals surface area contributed by atoms with Crippen LogP contribution in [0.15, 0.2) is 57.7 Å². The van der Waals surface area contributed by atoms with Crippen molar-refractivity contribution in [3.63, 3.8) is 0 Å². The van der Waals surface area contributed by atoms with Crippen LogP contribution in [-0.4, -0.2) is 18.1 Å². The first kappa shape index (κ1) is 15.6. The molecule has 0 saturated carbocycles. The van der Waals surface area contributed by atoms with Gasteiger partial charge < -0.3 is 19.6 Å². The molecule has 6 heteroatoms. The van der Waals surface area contributed by atoms with E-state index in [1.54, 1.807) is 37.4 Å². The average Bonchev–Trinajstić information content (AvgIpc) is 2.54. The molecule has 0 spiro atoms. The number of phenols is 1. The molecule has 0 atom stereocenters. The zero-order chi connectivity index (χ0) is 17.1. The summed E-state index contributed by atoms with van der Waals surface area (Å²) in [6.45, 7) is 0. The molecule has 0 radical (unpaired) electrons. The van der Waals surface area contributed by atoms with Crippen LogP contribution in [0.2, 0.25) is 0 Å². The second-order valence-electron chi connectivity index (χ2n) is 5.22. The van der Waals surface area contributed by atoms with Gasteiger partial charge in [-0.1, -0.05) is 0 Å². The summed E-state index contributed by atoms with van der Waals surface area (Å²) in [5.74, 6) is 0.421. The van der Waals surface area contributed by atoms with E-state index >= 15 is 0 Å². The smallest absolute Gasteiger partial charge is 0.336 e. The summed E-state index contributed by atoms with van der Waals surface area (Å²) in [5.41, 5.74) is 0.841. The molecule has 3 rings (SSSR count). The lowest BCUT2D eigenvalue weighted by atomic mass is 10.1. The SMILES string of the molecule is COc1ccc(NC(=O)Cc2cc(=O)oc3cc(O)ccc23)cc1. The van der Waals surface area contributed by atoms with Crippen LogP contribution < -0.4 is 15.7 Å². The molecule has 3 aromatic rings. The third kappa shape index (κ3) is 3.38. The lowest BCUT2D eigenvalue weighted by Crippen LogP contribution is -2.15. The second-order valence-corrected chi connectivity index (χ2v) is 5.22. The minimum Gasteiger partial charge on any atom is -0.508 e. The van der Waals surface area contributed by atoms with Crippen LogP contribution in [0.3, 0.4) is 0 Å². The number of hydrogen-bond donors (Lipinski definition) is 2. The van der Waals surface area contributed by atoms with Crippen molar-refractivity contribution in [1.82, 2.24) is 0 Å². The quantitative estimate of drug-likeness (QED) is 0.720. The molecule has 24 heavy (non-hydrogen) atoms. The Morgan fingerprint density at radius 1 is 1.17 bits per heavy atom. The van der Waals surface area contributed by atoms with Gasteiger partial charge in [-0.05, 0) is 42.0 Å². The Kier molecular flexibility index (Phi) is 4.20. The van der Waals surface area contributed by atoms with Crippen LogP contribution in [0.5, 0.6) is 11.5 Å². The topological polar surface area (TPSA) is 88.8 Å². The van der Waals surface area contributed by atoms with Crippen LogP contribution in [0.1, 0.15) is 5.56 Å². The van der Waals surface area contributed by atoms with E-state index in [-0.39, 0.29) is 23.7 Å². The van der Waals surface area contributed by atoms with Crippen molar-refractivity contribution >= 4 is 22.6 Å². The largest absolute Gasteiger partial charge is 0.508 e. The maximum Gasteiger partial charge on any atom is 0.336 e. The number of hydrogen-bond acceptors (Lipinski definition) is 5. The van der Waals surface area contributed by atoms with Crippen LogP contribution in [0, 0.1) is 0 Å². The first-order valence-electron chi connectivity index (χ1n) is 7.25. The van der Waals surface area contributed by atoms with Gasteiger partial charge in [-0.15, -0.1) is 0 Å². The van der Waals surface area contributed by atoms with Gasteiger partial charge in [0.1, 0.15) is 17.1 Å². The highest BCUT2D eigenvalue weighted by atomic mass is 16.5. The van der Waals surface area contributed by atoms with Crippen molar-refractivity contribution in [3.8, 4) is 11.5 Å². The first-order valence-corrected chi connectivity index (χ1v) is 7.25. The molecule has 0 fully saturated rings. The van der Waals surface area contributed by atoms with E-state index in [2.05, 4.69) is 5.32 Å². The first-order chi connectivity index (χ1) is 11.5. The Hall–Kier alpha value is -3.28. The van der Waals surface area contributed by atoms with E-state index in [1.165, 1.54) is 18.2 Å². The molecule has 1 amide bonds. The molecule has 6 nitrogen and oxygen atoms in total. The fraction of sp³-hybridized carbons (Fsp3) is 0.111. The molecular formula is C18H15NO5. The normalized spacial score (nSPS) is 10.5. The summed E-state index contributed by atoms with van der Waals surface area (Å²) in [5, 5.41) is 12.8. The van der Waals surface area contributed by atoms with Gasteiger partial charge in [-0.2, -0.15) is 0 Å². The maximum absolute atomic E-state index is 12.2. The van der Waals surface area contributed by atoms with E-state index < -0.39 is 5.63 Å². The number of phenolic OH excluding ortho intramolecular Hbond substituents is 1. The van der Waals surface area contributed by atoms with E-state index in [4.69, 9.17) is 9.15 Å². The molecule has 0 aliphatic rings. The number of carbonyl (C=O) groups excluding carboxylic acids is 1. The van der Waals surface area contributed by atoms with Crippen LogP contribution in [-0.2, 0) is 11.2 Å². The molecule has 0 bridgehead atoms. The molecule has 1 heterocycles. The fourth-order valence-corrected chi connectivity index (χ4v) is 2.42. The Labute approximate surface area is 137 Å². The summed E-state index contributed by atoms with van der Waals surface area (Å²) >= 11 is 0. The molecule has 0 unspecified atom stereocenters. The Bertz CT molecular complexity index is 944. The number of fused-ring (bicyclic) bond motifs is 1. The predicted octanol–water partition coefficient (Wildman–Crippen LogP) is 2.69. The number of ether oxygens (including phenoxy) is 1. The number of aromatic hydroxyl groups is 1. The number of anilines is 1. The van der Waals surface area contributed by atoms with Gasteiger partial charge in [0.05, 0.1) is 13.5 Å². The van der Waals surface area contributed by atoms with Gasteiger partial charge in [0.25, 0.3) is 0 Å². The highest BCUT2D eigenvalue weighted by Crippen LogP contribution is 2.22. The number of nitrogens with one attached hydrogen (secondary N) is 1. The molecule has 1 aromatic heterocycles. The van der Waals surface area contributed by atoms with Gasteiger partial charge in [0.15, 0.2) is 0 Å². The summed E-state index contributed by atoms with van der Waals surface area (Å²) in [7, 11) is 1.57. The number of rotatable bonds is 4. The van der Waals surface area contributed by atoms with Crippen molar-refractivity contribution < 1.29 is 19.1 Å². The molecule has 0 aliphatic heterocycles. The Balaban J connectivity index is 1.83. The van der Waals surface area contributed by atoms with Gasteiger partial charge >= 0.3 is 5.63 Å². The third-order valence-corrected chi connectivity index (χ3v) is 3.54. The molecule has 2 aromatic carbocycles. The zero-order valence-electron chi connectivity index (χ0n) is 12.9. The Morgan fingerprint density at radius 3 is 2.62 bits per heavy atom. The third-order valence-electron chi connectivity index (χ3n) is 3.54. The van der Waals surface area contributed by atoms with Gasteiger partial charge in [-0.3, -0.25) is 4.79 Å². The van der Waals surface area contributed by atoms with E-state index in [9.17, 15) is 14.7 Å². The number of methoxy groups -OCH3 is 1. The van der Waals surface area contributed by atoms with Gasteiger partial charge in [-0.25, -0.2) is 4.79 Å². The van der Waals surface area contributed by atoms with E-state index in [0.717, 1.165) is 0 Å². The zero-order valence-corrected chi connectivity index (χ0v) is 12.9. The van der Waals surface area contributed by atoms with Crippen molar-refractivity contribution in [2.75, 3.05) is 12.4 Å². The summed E-state index contributed by atoms with van der Waals surface area (Å²) in [6, 6.07) is 12.7. The minimum atomic E-state index is -0.569. The Morgan fingerprint density at radius 2 is 1.92 bits per heavy atom. The molecule has 0 saturated heterocycles. The molecule has 122 valence electrons. The van der Waals surface area contributed by atoms with Crippen molar-refractivity contribution in [2.45, 2.75) is 6.42 Å². The maximum atomic E-state index is 12.2. The molecule has 0 aliphatic carbocycles. The lowest BCUT2D eigenvalue weighted by molar-refractivity contribution is -0.115. The molecular weight excluding hydrogens is 310 g/mol. The highest BCUT2D eigenvalue weighted by molar-refractivity contribution is 5.95. The van der Waals surface area contributed by atoms with Gasteiger partial charge in [0, 0.05) is 23.2 Å². The van der Waals surface area contributed by atoms with E-state index in [0.29, 0.717) is 22.4 Å². The highest BCUT2D eigenvalue weighted by Gasteiger charge is 2.11. The summed E-state index contributed by atoms with van der Waals surface area (Å²) in [4.78, 5) is 23.9. The monoisotopic (exact) mass is 325 g/mol. The van der Waals surface area contributed by atoms with Crippen molar-refractivity contribution in [2.24, 2.45) is 0 Å². The minimum absolute atomic E-state index is 0.00881. The van der Waals surface area contributed by atoms with Crippen LogP contribution >= 0.6 is 0 Å². The summed E-state index contributed by atoms with van der Waals surface area (Å²) < 4.78 is 10.1. The standard InChI is InChI=1S/C18H15NO5/c1-23-14-5-2-12(3-6-14)19-17(21)8-11-9-18(22)24-16-10-13(20)4-7-15(11)16/h2-7,9-10,20H,8H2,1H3,(H,19,21). The summed E-state index contributed by atoms with van der Waals surface area (Å²) in [6.07, 6.45) is 0.0128. The van der Waals surface area contributed by atoms with Crippen molar-refractivity contribution in [1.29, 1.82) is 0 Å². The van der Waals surface area contributed by atoms with Gasteiger partial charge in [0.2, 0.25) is 5.91 Å². The van der Waals surface area contributed by atoms with E-state index in [1.807, 2.05) is 0 Å².